The molecule has 1 aromatic heterocycles. The SMILES string of the molecule is O=Cc1cn(CC(=O)Cc2ccc(F)cc2F)c2ccccc12. The van der Waals surface area contributed by atoms with Gasteiger partial charge in [0.15, 0.2) is 12.1 Å². The topological polar surface area (TPSA) is 39.1 Å². The van der Waals surface area contributed by atoms with E-state index in [0.29, 0.717) is 5.56 Å². The molecule has 0 aliphatic rings. The summed E-state index contributed by atoms with van der Waals surface area (Å²) >= 11 is 0. The minimum absolute atomic E-state index is 0.0190. The Labute approximate surface area is 131 Å². The van der Waals surface area contributed by atoms with Gasteiger partial charge in [-0.3, -0.25) is 9.59 Å². The molecule has 0 N–H and O–H groups in total. The minimum atomic E-state index is -0.732. The molecule has 0 radical (unpaired) electrons. The summed E-state index contributed by atoms with van der Waals surface area (Å²) in [4.78, 5) is 23.3. The fourth-order valence-corrected chi connectivity index (χ4v) is 2.62. The first-order valence-electron chi connectivity index (χ1n) is 7.07. The van der Waals surface area contributed by atoms with Crippen molar-refractivity contribution in [1.29, 1.82) is 0 Å². The predicted molar refractivity (Wildman–Crippen MR) is 82.4 cm³/mol. The number of ketones is 1. The van der Waals surface area contributed by atoms with Crippen molar-refractivity contribution in [3.63, 3.8) is 0 Å². The number of fused-ring (bicyclic) bond motifs is 1. The van der Waals surface area contributed by atoms with Gasteiger partial charge in [0, 0.05) is 35.2 Å². The second kappa shape index (κ2) is 6.12. The fraction of sp³-hybridized carbons (Fsp3) is 0.111. The van der Waals surface area contributed by atoms with Crippen LogP contribution in [0.1, 0.15) is 15.9 Å². The summed E-state index contributed by atoms with van der Waals surface area (Å²) in [5.41, 5.74) is 1.42. The summed E-state index contributed by atoms with van der Waals surface area (Å²) in [7, 11) is 0. The van der Waals surface area contributed by atoms with E-state index in [4.69, 9.17) is 0 Å². The summed E-state index contributed by atoms with van der Waals surface area (Å²) in [6, 6.07) is 10.4. The number of halogens is 2. The molecule has 2 aromatic carbocycles. The first-order chi connectivity index (χ1) is 11.1. The number of aldehydes is 1. The first-order valence-corrected chi connectivity index (χ1v) is 7.07. The van der Waals surface area contributed by atoms with Gasteiger partial charge in [-0.2, -0.15) is 0 Å². The highest BCUT2D eigenvalue weighted by atomic mass is 19.1. The zero-order chi connectivity index (χ0) is 16.4. The smallest absolute Gasteiger partial charge is 0.156 e. The minimum Gasteiger partial charge on any atom is -0.339 e. The molecule has 23 heavy (non-hydrogen) atoms. The number of hydrogen-bond acceptors (Lipinski definition) is 2. The molecule has 5 heteroatoms. The van der Waals surface area contributed by atoms with E-state index < -0.39 is 11.6 Å². The van der Waals surface area contributed by atoms with Gasteiger partial charge in [-0.1, -0.05) is 24.3 Å². The highest BCUT2D eigenvalue weighted by Gasteiger charge is 2.13. The van der Waals surface area contributed by atoms with Crippen LogP contribution in [0.5, 0.6) is 0 Å². The third-order valence-corrected chi connectivity index (χ3v) is 3.70. The molecule has 3 nitrogen and oxygen atoms in total. The lowest BCUT2D eigenvalue weighted by atomic mass is 10.1. The van der Waals surface area contributed by atoms with Crippen LogP contribution >= 0.6 is 0 Å². The van der Waals surface area contributed by atoms with Crippen LogP contribution in [0.15, 0.2) is 48.7 Å². The molecule has 0 amide bonds. The Hall–Kier alpha value is -2.82. The van der Waals surface area contributed by atoms with Gasteiger partial charge in [-0.05, 0) is 17.7 Å². The van der Waals surface area contributed by atoms with Gasteiger partial charge < -0.3 is 4.57 Å². The second-order valence-corrected chi connectivity index (χ2v) is 5.30. The van der Waals surface area contributed by atoms with Crippen LogP contribution in [0.25, 0.3) is 10.9 Å². The summed E-state index contributed by atoms with van der Waals surface area (Å²) in [5.74, 6) is -1.64. The zero-order valence-corrected chi connectivity index (χ0v) is 12.1. The van der Waals surface area contributed by atoms with E-state index in [1.807, 2.05) is 18.2 Å². The van der Waals surface area contributed by atoms with Crippen LogP contribution in [-0.2, 0) is 17.8 Å². The van der Waals surface area contributed by atoms with Crippen LogP contribution < -0.4 is 0 Å². The highest BCUT2D eigenvalue weighted by molar-refractivity contribution is 5.98. The molecule has 0 aliphatic heterocycles. The molecule has 0 unspecified atom stereocenters. The van der Waals surface area contributed by atoms with Crippen molar-refractivity contribution < 1.29 is 18.4 Å². The van der Waals surface area contributed by atoms with E-state index in [-0.39, 0.29) is 24.3 Å². The Morgan fingerprint density at radius 3 is 2.65 bits per heavy atom. The van der Waals surface area contributed by atoms with Crippen molar-refractivity contribution in [3.05, 3.63) is 71.4 Å². The summed E-state index contributed by atoms with van der Waals surface area (Å²) < 4.78 is 28.2. The zero-order valence-electron chi connectivity index (χ0n) is 12.1. The summed E-state index contributed by atoms with van der Waals surface area (Å²) in [6.45, 7) is 0.0190. The molecular weight excluding hydrogens is 300 g/mol. The van der Waals surface area contributed by atoms with Crippen LogP contribution in [0.2, 0.25) is 0 Å². The third-order valence-electron chi connectivity index (χ3n) is 3.70. The molecule has 0 spiro atoms. The molecule has 3 rings (SSSR count). The van der Waals surface area contributed by atoms with Crippen LogP contribution in [-0.4, -0.2) is 16.6 Å². The molecule has 0 bridgehead atoms. The van der Waals surface area contributed by atoms with Gasteiger partial charge in [-0.25, -0.2) is 8.78 Å². The maximum Gasteiger partial charge on any atom is 0.156 e. The van der Waals surface area contributed by atoms with Gasteiger partial charge in [0.25, 0.3) is 0 Å². The van der Waals surface area contributed by atoms with Crippen molar-refractivity contribution in [3.8, 4) is 0 Å². The number of hydrogen-bond donors (Lipinski definition) is 0. The standard InChI is InChI=1S/C18H13F2NO2/c19-14-6-5-12(17(20)8-14)7-15(23)10-21-9-13(11-22)16-3-1-2-4-18(16)21/h1-6,8-9,11H,7,10H2. The molecular formula is C18H13F2NO2. The molecule has 3 aromatic rings. The van der Waals surface area contributed by atoms with Crippen LogP contribution in [0, 0.1) is 11.6 Å². The Kier molecular flexibility index (Phi) is 4.02. The first kappa shape index (κ1) is 15.1. The molecule has 0 fully saturated rings. The van der Waals surface area contributed by atoms with Crippen LogP contribution in [0.4, 0.5) is 8.78 Å². The van der Waals surface area contributed by atoms with E-state index in [9.17, 15) is 18.4 Å². The Morgan fingerprint density at radius 2 is 1.91 bits per heavy atom. The number of benzene rings is 2. The quantitative estimate of drug-likeness (QED) is 0.676. The van der Waals surface area contributed by atoms with E-state index in [0.717, 1.165) is 29.3 Å². The number of Topliss-reactive ketones (excluding diaryl/α,β-unsaturated/α-hetero) is 1. The molecule has 0 atom stereocenters. The van der Waals surface area contributed by atoms with E-state index in [1.54, 1.807) is 16.8 Å². The Balaban J connectivity index is 1.84. The lowest BCUT2D eigenvalue weighted by molar-refractivity contribution is -0.119. The van der Waals surface area contributed by atoms with E-state index in [2.05, 4.69) is 0 Å². The number of carbonyl (C=O) groups is 2. The van der Waals surface area contributed by atoms with Gasteiger partial charge in [0.05, 0.1) is 6.54 Å². The van der Waals surface area contributed by atoms with E-state index in [1.165, 1.54) is 6.07 Å². The monoisotopic (exact) mass is 313 g/mol. The highest BCUT2D eigenvalue weighted by Crippen LogP contribution is 2.20. The van der Waals surface area contributed by atoms with Crippen molar-refractivity contribution in [2.24, 2.45) is 0 Å². The number of rotatable bonds is 5. The largest absolute Gasteiger partial charge is 0.339 e. The fourth-order valence-electron chi connectivity index (χ4n) is 2.62. The molecule has 0 saturated heterocycles. The summed E-state index contributed by atoms with van der Waals surface area (Å²) in [5, 5.41) is 0.767. The number of carbonyl (C=O) groups excluding carboxylic acids is 2. The molecule has 1 heterocycles. The van der Waals surface area contributed by atoms with Crippen molar-refractivity contribution in [2.45, 2.75) is 13.0 Å². The third kappa shape index (κ3) is 3.04. The number of para-hydroxylation sites is 1. The average molecular weight is 313 g/mol. The maximum absolute atomic E-state index is 13.6. The molecule has 0 aliphatic carbocycles. The van der Waals surface area contributed by atoms with Crippen molar-refractivity contribution >= 4 is 23.0 Å². The van der Waals surface area contributed by atoms with Gasteiger partial charge in [0.2, 0.25) is 0 Å². The lowest BCUT2D eigenvalue weighted by Crippen LogP contribution is -2.12. The lowest BCUT2D eigenvalue weighted by Gasteiger charge is -2.06. The number of aromatic nitrogens is 1. The maximum atomic E-state index is 13.6. The average Bonchev–Trinajstić information content (AvgIpc) is 2.88. The predicted octanol–water partition coefficient (Wildman–Crippen LogP) is 3.54. The van der Waals surface area contributed by atoms with Gasteiger partial charge in [-0.15, -0.1) is 0 Å². The summed E-state index contributed by atoms with van der Waals surface area (Å²) in [6.07, 6.45) is 2.22. The van der Waals surface area contributed by atoms with E-state index >= 15 is 0 Å². The normalized spacial score (nSPS) is 10.9. The Morgan fingerprint density at radius 1 is 1.13 bits per heavy atom. The van der Waals surface area contributed by atoms with Gasteiger partial charge >= 0.3 is 0 Å². The van der Waals surface area contributed by atoms with Gasteiger partial charge in [0.1, 0.15) is 11.6 Å². The second-order valence-electron chi connectivity index (χ2n) is 5.30. The molecule has 116 valence electrons. The number of nitrogens with zero attached hydrogens (tertiary/aromatic N) is 1. The molecule has 0 saturated carbocycles. The van der Waals surface area contributed by atoms with Crippen molar-refractivity contribution in [1.82, 2.24) is 4.57 Å². The Bertz CT molecular complexity index is 899. The van der Waals surface area contributed by atoms with Crippen LogP contribution in [0.3, 0.4) is 0 Å². The van der Waals surface area contributed by atoms with Crippen molar-refractivity contribution in [2.75, 3.05) is 0 Å².